The monoisotopic (exact) mass is 279 g/mol. The lowest BCUT2D eigenvalue weighted by atomic mass is 10.1. The highest BCUT2D eigenvalue weighted by Crippen LogP contribution is 2.16. The van der Waals surface area contributed by atoms with Gasteiger partial charge in [-0.25, -0.2) is 0 Å². The molecule has 0 heterocycles. The third-order valence-corrected chi connectivity index (χ3v) is 3.15. The summed E-state index contributed by atoms with van der Waals surface area (Å²) in [7, 11) is 2.96. The van der Waals surface area contributed by atoms with Crippen LogP contribution in [-0.4, -0.2) is 44.1 Å². The van der Waals surface area contributed by atoms with Gasteiger partial charge >= 0.3 is 5.97 Å². The van der Waals surface area contributed by atoms with E-state index in [0.29, 0.717) is 12.3 Å². The Balaban J connectivity index is 2.42. The van der Waals surface area contributed by atoms with Crippen molar-refractivity contribution in [2.24, 2.45) is 0 Å². The van der Waals surface area contributed by atoms with Crippen molar-refractivity contribution in [3.63, 3.8) is 0 Å². The first kappa shape index (κ1) is 16.0. The van der Waals surface area contributed by atoms with E-state index < -0.39 is 0 Å². The van der Waals surface area contributed by atoms with E-state index in [1.165, 1.54) is 17.6 Å². The lowest BCUT2D eigenvalue weighted by molar-refractivity contribution is -0.141. The van der Waals surface area contributed by atoms with Gasteiger partial charge in [-0.2, -0.15) is 0 Å². The smallest absolute Gasteiger partial charge is 0.307 e. The predicted octanol–water partition coefficient (Wildman–Crippen LogP) is 1.70. The van der Waals surface area contributed by atoms with Gasteiger partial charge in [-0.3, -0.25) is 9.59 Å². The van der Waals surface area contributed by atoms with Crippen LogP contribution in [0.2, 0.25) is 0 Å². The summed E-state index contributed by atoms with van der Waals surface area (Å²) in [6.45, 7) is 4.29. The average molecular weight is 279 g/mol. The normalized spacial score (nSPS) is 10.0. The number of hydrogen-bond acceptors (Lipinski definition) is 4. The summed E-state index contributed by atoms with van der Waals surface area (Å²) in [5, 5.41) is 0. The summed E-state index contributed by atoms with van der Waals surface area (Å²) < 4.78 is 9.98. The van der Waals surface area contributed by atoms with Gasteiger partial charge in [0, 0.05) is 13.6 Å². The maximum atomic E-state index is 11.8. The first-order chi connectivity index (χ1) is 9.43. The Morgan fingerprint density at radius 2 is 1.90 bits per heavy atom. The minimum Gasteiger partial charge on any atom is -0.484 e. The minimum atomic E-state index is -0.334. The number of esters is 1. The molecule has 1 aromatic carbocycles. The number of nitrogens with zero attached hydrogens (tertiary/aromatic N) is 1. The Labute approximate surface area is 119 Å². The molecule has 0 aliphatic rings. The highest BCUT2D eigenvalue weighted by molar-refractivity contribution is 5.78. The van der Waals surface area contributed by atoms with Crippen LogP contribution in [0.5, 0.6) is 5.75 Å². The van der Waals surface area contributed by atoms with Gasteiger partial charge in [0.1, 0.15) is 5.75 Å². The molecule has 1 aromatic rings. The number of hydrogen-bond donors (Lipinski definition) is 0. The highest BCUT2D eigenvalue weighted by Gasteiger charge is 2.11. The molecule has 0 saturated carbocycles. The highest BCUT2D eigenvalue weighted by atomic mass is 16.5. The van der Waals surface area contributed by atoms with Crippen molar-refractivity contribution in [3.05, 3.63) is 29.3 Å². The fraction of sp³-hybridized carbons (Fsp3) is 0.467. The van der Waals surface area contributed by atoms with Gasteiger partial charge in [0.15, 0.2) is 6.61 Å². The van der Waals surface area contributed by atoms with E-state index in [0.717, 1.165) is 5.56 Å². The van der Waals surface area contributed by atoms with Gasteiger partial charge in [-0.15, -0.1) is 0 Å². The largest absolute Gasteiger partial charge is 0.484 e. The molecule has 0 fully saturated rings. The second kappa shape index (κ2) is 7.53. The van der Waals surface area contributed by atoms with E-state index in [2.05, 4.69) is 4.74 Å². The number of methoxy groups -OCH3 is 1. The van der Waals surface area contributed by atoms with E-state index in [1.54, 1.807) is 7.05 Å². The summed E-state index contributed by atoms with van der Waals surface area (Å²) in [5.41, 5.74) is 2.30. The summed E-state index contributed by atoms with van der Waals surface area (Å²) >= 11 is 0. The van der Waals surface area contributed by atoms with Crippen molar-refractivity contribution in [3.8, 4) is 5.75 Å². The van der Waals surface area contributed by atoms with E-state index in [9.17, 15) is 9.59 Å². The number of rotatable bonds is 6. The van der Waals surface area contributed by atoms with Crippen LogP contribution >= 0.6 is 0 Å². The molecule has 0 N–H and O–H groups in total. The van der Waals surface area contributed by atoms with Crippen molar-refractivity contribution >= 4 is 11.9 Å². The third kappa shape index (κ3) is 4.91. The van der Waals surface area contributed by atoms with Gasteiger partial charge in [-0.1, -0.05) is 6.07 Å². The van der Waals surface area contributed by atoms with Gasteiger partial charge in [-0.05, 0) is 37.1 Å². The molecule has 5 heteroatoms. The molecule has 0 atom stereocenters. The summed E-state index contributed by atoms with van der Waals surface area (Å²) in [6.07, 6.45) is 0.183. The molecule has 0 radical (unpaired) electrons. The van der Waals surface area contributed by atoms with Crippen LogP contribution in [0.15, 0.2) is 18.2 Å². The van der Waals surface area contributed by atoms with Crippen LogP contribution in [0.25, 0.3) is 0 Å². The quantitative estimate of drug-likeness (QED) is 0.744. The standard InChI is InChI=1S/C15H21NO4/c1-11-5-6-13(9-12(11)2)20-10-14(17)16(3)8-7-15(18)19-4/h5-6,9H,7-8,10H2,1-4H3. The number of likely N-dealkylation sites (N-methyl/N-ethyl adjacent to an activating group) is 1. The summed E-state index contributed by atoms with van der Waals surface area (Å²) in [5.74, 6) is 0.162. The number of benzene rings is 1. The van der Waals surface area contributed by atoms with Crippen LogP contribution in [0.4, 0.5) is 0 Å². The molecular weight excluding hydrogens is 258 g/mol. The number of ether oxygens (including phenoxy) is 2. The van der Waals surface area contributed by atoms with E-state index in [1.807, 2.05) is 32.0 Å². The Bertz CT molecular complexity index is 485. The fourth-order valence-corrected chi connectivity index (χ4v) is 1.54. The number of amides is 1. The number of aryl methyl sites for hydroxylation is 2. The van der Waals surface area contributed by atoms with Gasteiger partial charge in [0.05, 0.1) is 13.5 Å². The van der Waals surface area contributed by atoms with Crippen LogP contribution in [-0.2, 0) is 14.3 Å². The van der Waals surface area contributed by atoms with Crippen LogP contribution < -0.4 is 4.74 Å². The van der Waals surface area contributed by atoms with E-state index in [-0.39, 0.29) is 24.9 Å². The van der Waals surface area contributed by atoms with E-state index in [4.69, 9.17) is 4.74 Å². The first-order valence-electron chi connectivity index (χ1n) is 6.45. The number of carbonyl (C=O) groups excluding carboxylic acids is 2. The summed E-state index contributed by atoms with van der Waals surface area (Å²) in [6, 6.07) is 5.69. The summed E-state index contributed by atoms with van der Waals surface area (Å²) in [4.78, 5) is 24.3. The van der Waals surface area contributed by atoms with Gasteiger partial charge in [0.2, 0.25) is 0 Å². The maximum Gasteiger partial charge on any atom is 0.307 e. The Morgan fingerprint density at radius 3 is 2.50 bits per heavy atom. The van der Waals surface area contributed by atoms with Crippen molar-refractivity contribution in [1.82, 2.24) is 4.90 Å². The second-order valence-corrected chi connectivity index (χ2v) is 4.68. The van der Waals surface area contributed by atoms with Crippen molar-refractivity contribution in [2.75, 3.05) is 27.3 Å². The van der Waals surface area contributed by atoms with Gasteiger partial charge in [0.25, 0.3) is 5.91 Å². The third-order valence-electron chi connectivity index (χ3n) is 3.15. The fourth-order valence-electron chi connectivity index (χ4n) is 1.54. The molecule has 0 bridgehead atoms. The molecule has 1 amide bonds. The Kier molecular flexibility index (Phi) is 6.03. The van der Waals surface area contributed by atoms with Crippen molar-refractivity contribution in [2.45, 2.75) is 20.3 Å². The van der Waals surface area contributed by atoms with E-state index >= 15 is 0 Å². The first-order valence-corrected chi connectivity index (χ1v) is 6.45. The van der Waals surface area contributed by atoms with Gasteiger partial charge < -0.3 is 14.4 Å². The number of carbonyl (C=O) groups is 2. The SMILES string of the molecule is COC(=O)CCN(C)C(=O)COc1ccc(C)c(C)c1. The minimum absolute atomic E-state index is 0.0415. The molecular formula is C15H21NO4. The Morgan fingerprint density at radius 1 is 1.20 bits per heavy atom. The van der Waals surface area contributed by atoms with Crippen molar-refractivity contribution < 1.29 is 19.1 Å². The average Bonchev–Trinajstić information content (AvgIpc) is 2.45. The zero-order valence-corrected chi connectivity index (χ0v) is 12.4. The molecule has 20 heavy (non-hydrogen) atoms. The Hall–Kier alpha value is -2.04. The zero-order chi connectivity index (χ0) is 15.1. The molecule has 0 aliphatic heterocycles. The molecule has 0 aliphatic carbocycles. The maximum absolute atomic E-state index is 11.8. The molecule has 0 spiro atoms. The second-order valence-electron chi connectivity index (χ2n) is 4.68. The topological polar surface area (TPSA) is 55.8 Å². The molecule has 110 valence electrons. The molecule has 0 saturated heterocycles. The molecule has 1 rings (SSSR count). The molecule has 5 nitrogen and oxygen atoms in total. The van der Waals surface area contributed by atoms with Crippen LogP contribution in [0.3, 0.4) is 0 Å². The lowest BCUT2D eigenvalue weighted by Gasteiger charge is -2.17. The lowest BCUT2D eigenvalue weighted by Crippen LogP contribution is -2.33. The van der Waals surface area contributed by atoms with Crippen molar-refractivity contribution in [1.29, 1.82) is 0 Å². The predicted molar refractivity (Wildman–Crippen MR) is 75.7 cm³/mol. The molecule has 0 aromatic heterocycles. The zero-order valence-electron chi connectivity index (χ0n) is 12.4. The van der Waals surface area contributed by atoms with Crippen LogP contribution in [0.1, 0.15) is 17.5 Å². The molecule has 0 unspecified atom stereocenters. The van der Waals surface area contributed by atoms with Crippen LogP contribution in [0, 0.1) is 13.8 Å².